The maximum atomic E-state index is 12.5. The Morgan fingerprint density at radius 2 is 1.79 bits per heavy atom. The largest absolute Gasteiger partial charge is 0.355 e. The lowest BCUT2D eigenvalue weighted by Gasteiger charge is -2.25. The molecule has 4 heteroatoms. The molecule has 2 aliphatic carbocycles. The highest BCUT2D eigenvalue weighted by Crippen LogP contribution is 2.54. The molecule has 2 unspecified atom stereocenters. The first-order valence-electron chi connectivity index (χ1n) is 7.71. The Morgan fingerprint density at radius 3 is 2.37 bits per heavy atom. The molecule has 0 spiro atoms. The molecule has 0 aromatic rings. The Bertz CT molecular complexity index is 333. The molecule has 0 radical (unpaired) electrons. The van der Waals surface area contributed by atoms with Gasteiger partial charge in [-0.1, -0.05) is 13.8 Å². The second-order valence-corrected chi connectivity index (χ2v) is 6.03. The number of carbonyl (C=O) groups excluding carboxylic acids is 2. The fourth-order valence-corrected chi connectivity index (χ4v) is 3.21. The van der Waals surface area contributed by atoms with Gasteiger partial charge in [0.15, 0.2) is 0 Å². The van der Waals surface area contributed by atoms with Crippen molar-refractivity contribution in [2.75, 3.05) is 19.6 Å². The summed E-state index contributed by atoms with van der Waals surface area (Å²) in [6.07, 6.45) is 5.28. The summed E-state index contributed by atoms with van der Waals surface area (Å²) in [5, 5.41) is 2.85. The normalized spacial score (nSPS) is 27.8. The van der Waals surface area contributed by atoms with Gasteiger partial charge in [0.2, 0.25) is 11.8 Å². The highest BCUT2D eigenvalue weighted by molar-refractivity contribution is 5.86. The van der Waals surface area contributed by atoms with Crippen molar-refractivity contribution in [1.82, 2.24) is 10.2 Å². The zero-order valence-electron chi connectivity index (χ0n) is 12.2. The van der Waals surface area contributed by atoms with Crippen molar-refractivity contribution in [3.8, 4) is 0 Å². The minimum atomic E-state index is -0.0215. The van der Waals surface area contributed by atoms with Gasteiger partial charge in [-0.05, 0) is 43.9 Å². The SMILES string of the molecule is CCCNC(=O)CN(CCC)C(=O)C1CC2CC2C1. The summed E-state index contributed by atoms with van der Waals surface area (Å²) < 4.78 is 0. The number of hydrogen-bond acceptors (Lipinski definition) is 2. The smallest absolute Gasteiger partial charge is 0.239 e. The Kier molecular flexibility index (Phi) is 4.83. The van der Waals surface area contributed by atoms with Crippen molar-refractivity contribution < 1.29 is 9.59 Å². The fraction of sp³-hybridized carbons (Fsp3) is 0.867. The molecule has 2 amide bonds. The van der Waals surface area contributed by atoms with Gasteiger partial charge in [-0.15, -0.1) is 0 Å². The molecule has 0 aliphatic heterocycles. The first-order chi connectivity index (χ1) is 9.15. The Balaban J connectivity index is 1.83. The van der Waals surface area contributed by atoms with Gasteiger partial charge in [-0.25, -0.2) is 0 Å². The number of carbonyl (C=O) groups is 2. The van der Waals surface area contributed by atoms with E-state index < -0.39 is 0 Å². The van der Waals surface area contributed by atoms with E-state index in [0.29, 0.717) is 13.1 Å². The van der Waals surface area contributed by atoms with E-state index in [1.807, 2.05) is 6.92 Å². The van der Waals surface area contributed by atoms with Crippen LogP contribution in [0, 0.1) is 17.8 Å². The van der Waals surface area contributed by atoms with Gasteiger partial charge < -0.3 is 10.2 Å². The molecule has 2 atom stereocenters. The minimum Gasteiger partial charge on any atom is -0.355 e. The highest BCUT2D eigenvalue weighted by Gasteiger charge is 2.48. The molecule has 0 heterocycles. The van der Waals surface area contributed by atoms with Gasteiger partial charge in [-0.2, -0.15) is 0 Å². The van der Waals surface area contributed by atoms with E-state index in [4.69, 9.17) is 0 Å². The van der Waals surface area contributed by atoms with Crippen molar-refractivity contribution in [1.29, 1.82) is 0 Å². The van der Waals surface area contributed by atoms with Gasteiger partial charge in [0.05, 0.1) is 6.54 Å². The molecule has 2 rings (SSSR count). The number of hydrogen-bond donors (Lipinski definition) is 1. The lowest BCUT2D eigenvalue weighted by atomic mass is 10.0. The second-order valence-electron chi connectivity index (χ2n) is 6.03. The molecule has 2 saturated carbocycles. The molecule has 108 valence electrons. The predicted octanol–water partition coefficient (Wildman–Crippen LogP) is 1.80. The molecule has 2 aliphatic rings. The maximum absolute atomic E-state index is 12.5. The van der Waals surface area contributed by atoms with Gasteiger partial charge in [0.1, 0.15) is 0 Å². The molecule has 1 N–H and O–H groups in total. The zero-order valence-corrected chi connectivity index (χ0v) is 12.2. The monoisotopic (exact) mass is 266 g/mol. The number of amides is 2. The Labute approximate surface area is 115 Å². The summed E-state index contributed by atoms with van der Waals surface area (Å²) in [6.45, 7) is 5.71. The quantitative estimate of drug-likeness (QED) is 0.764. The average molecular weight is 266 g/mol. The first kappa shape index (κ1) is 14.4. The van der Waals surface area contributed by atoms with Gasteiger partial charge in [-0.3, -0.25) is 9.59 Å². The van der Waals surface area contributed by atoms with Crippen LogP contribution in [-0.2, 0) is 9.59 Å². The predicted molar refractivity (Wildman–Crippen MR) is 74.5 cm³/mol. The zero-order chi connectivity index (χ0) is 13.8. The van der Waals surface area contributed by atoms with E-state index in [0.717, 1.165) is 37.5 Å². The molecular weight excluding hydrogens is 240 g/mol. The van der Waals surface area contributed by atoms with Crippen molar-refractivity contribution in [3.05, 3.63) is 0 Å². The molecule has 2 fully saturated rings. The third-order valence-electron chi connectivity index (χ3n) is 4.30. The van der Waals surface area contributed by atoms with Crippen molar-refractivity contribution in [3.63, 3.8) is 0 Å². The molecule has 0 aromatic heterocycles. The van der Waals surface area contributed by atoms with Crippen LogP contribution in [0.5, 0.6) is 0 Å². The summed E-state index contributed by atoms with van der Waals surface area (Å²) >= 11 is 0. The summed E-state index contributed by atoms with van der Waals surface area (Å²) in [6, 6.07) is 0. The van der Waals surface area contributed by atoms with Crippen molar-refractivity contribution >= 4 is 11.8 Å². The van der Waals surface area contributed by atoms with Crippen molar-refractivity contribution in [2.24, 2.45) is 17.8 Å². The average Bonchev–Trinajstić information content (AvgIpc) is 3.01. The second kappa shape index (κ2) is 6.40. The van der Waals surface area contributed by atoms with Gasteiger partial charge >= 0.3 is 0 Å². The first-order valence-corrected chi connectivity index (χ1v) is 7.71. The van der Waals surface area contributed by atoms with Crippen LogP contribution < -0.4 is 5.32 Å². The lowest BCUT2D eigenvalue weighted by molar-refractivity contribution is -0.139. The van der Waals surface area contributed by atoms with Crippen LogP contribution in [0.4, 0.5) is 0 Å². The van der Waals surface area contributed by atoms with Gasteiger partial charge in [0, 0.05) is 19.0 Å². The summed E-state index contributed by atoms with van der Waals surface area (Å²) in [5.74, 6) is 2.00. The molecular formula is C15H26N2O2. The van der Waals surface area contributed by atoms with E-state index in [9.17, 15) is 9.59 Å². The highest BCUT2D eigenvalue weighted by atomic mass is 16.2. The van der Waals surface area contributed by atoms with Crippen LogP contribution in [0.15, 0.2) is 0 Å². The maximum Gasteiger partial charge on any atom is 0.239 e. The molecule has 19 heavy (non-hydrogen) atoms. The lowest BCUT2D eigenvalue weighted by Crippen LogP contribution is -2.43. The Morgan fingerprint density at radius 1 is 1.11 bits per heavy atom. The molecule has 0 aromatic carbocycles. The minimum absolute atomic E-state index is 0.0215. The number of nitrogens with zero attached hydrogens (tertiary/aromatic N) is 1. The number of fused-ring (bicyclic) bond motifs is 1. The van der Waals surface area contributed by atoms with Gasteiger partial charge in [0.25, 0.3) is 0 Å². The summed E-state index contributed by atoms with van der Waals surface area (Å²) in [4.78, 5) is 26.0. The molecule has 4 nitrogen and oxygen atoms in total. The van der Waals surface area contributed by atoms with Crippen LogP contribution in [0.2, 0.25) is 0 Å². The van der Waals surface area contributed by atoms with Crippen LogP contribution in [0.3, 0.4) is 0 Å². The van der Waals surface area contributed by atoms with Crippen LogP contribution in [-0.4, -0.2) is 36.3 Å². The van der Waals surface area contributed by atoms with E-state index in [1.54, 1.807) is 4.90 Å². The summed E-state index contributed by atoms with van der Waals surface area (Å²) in [5.41, 5.74) is 0. The summed E-state index contributed by atoms with van der Waals surface area (Å²) in [7, 11) is 0. The van der Waals surface area contributed by atoms with E-state index in [2.05, 4.69) is 12.2 Å². The topological polar surface area (TPSA) is 49.4 Å². The third kappa shape index (κ3) is 3.71. The van der Waals surface area contributed by atoms with Crippen LogP contribution >= 0.6 is 0 Å². The number of rotatable bonds is 7. The number of nitrogens with one attached hydrogen (secondary N) is 1. The standard InChI is InChI=1S/C15H26N2O2/c1-3-5-16-14(18)10-17(6-4-2)15(19)13-8-11-7-12(11)9-13/h11-13H,3-10H2,1-2H3,(H,16,18). The van der Waals surface area contributed by atoms with E-state index >= 15 is 0 Å². The molecule has 0 saturated heterocycles. The molecule has 0 bridgehead atoms. The van der Waals surface area contributed by atoms with E-state index in [1.165, 1.54) is 6.42 Å². The van der Waals surface area contributed by atoms with E-state index in [-0.39, 0.29) is 24.3 Å². The third-order valence-corrected chi connectivity index (χ3v) is 4.30. The van der Waals surface area contributed by atoms with Crippen LogP contribution in [0.1, 0.15) is 46.0 Å². The fourth-order valence-electron chi connectivity index (χ4n) is 3.21. The Hall–Kier alpha value is -1.06. The van der Waals surface area contributed by atoms with Crippen LogP contribution in [0.25, 0.3) is 0 Å². The van der Waals surface area contributed by atoms with Crippen molar-refractivity contribution in [2.45, 2.75) is 46.0 Å².